The lowest BCUT2D eigenvalue weighted by Crippen LogP contribution is -2.20. The predicted molar refractivity (Wildman–Crippen MR) is 127 cm³/mol. The van der Waals surface area contributed by atoms with Crippen LogP contribution in [-0.4, -0.2) is 12.6 Å². The molecule has 2 aromatic rings. The smallest absolute Gasteiger partial charge is 0.349 e. The van der Waals surface area contributed by atoms with Gasteiger partial charge in [-0.15, -0.1) is 0 Å². The number of nitrogens with zero attached hydrogens (tertiary/aromatic N) is 1. The molecular formula is C28H32F3NO3. The molecule has 0 aromatic heterocycles. The van der Waals surface area contributed by atoms with Crippen LogP contribution in [0.15, 0.2) is 30.3 Å². The number of hydrogen-bond donors (Lipinski definition) is 0. The van der Waals surface area contributed by atoms with Crippen LogP contribution < -0.4 is 9.47 Å². The van der Waals surface area contributed by atoms with Gasteiger partial charge in [-0.2, -0.15) is 5.26 Å². The van der Waals surface area contributed by atoms with Crippen molar-refractivity contribution < 1.29 is 27.4 Å². The number of esters is 1. The number of carbonyl (C=O) groups excluding carboxylic acids is 1. The van der Waals surface area contributed by atoms with Crippen molar-refractivity contribution in [2.45, 2.75) is 71.1 Å². The lowest BCUT2D eigenvalue weighted by Gasteiger charge is -2.28. The van der Waals surface area contributed by atoms with Gasteiger partial charge in [0, 0.05) is 18.2 Å². The van der Waals surface area contributed by atoms with Gasteiger partial charge in [0.25, 0.3) is 0 Å². The van der Waals surface area contributed by atoms with Crippen LogP contribution in [0.25, 0.3) is 0 Å². The molecule has 2 aromatic carbocycles. The Hall–Kier alpha value is -3.01. The van der Waals surface area contributed by atoms with Crippen LogP contribution in [0.4, 0.5) is 13.2 Å². The van der Waals surface area contributed by atoms with E-state index in [1.807, 2.05) is 0 Å². The van der Waals surface area contributed by atoms with Crippen LogP contribution in [-0.2, 0) is 0 Å². The Morgan fingerprint density at radius 1 is 0.914 bits per heavy atom. The third-order valence-corrected chi connectivity index (χ3v) is 6.66. The molecule has 1 aliphatic carbocycles. The second-order valence-electron chi connectivity index (χ2n) is 9.31. The van der Waals surface area contributed by atoms with Gasteiger partial charge in [-0.1, -0.05) is 58.3 Å². The van der Waals surface area contributed by atoms with Crippen molar-refractivity contribution in [3.05, 3.63) is 58.9 Å². The molecule has 0 N–H and O–H groups in total. The van der Waals surface area contributed by atoms with Crippen LogP contribution in [0.3, 0.4) is 0 Å². The summed E-state index contributed by atoms with van der Waals surface area (Å²) in [5, 5.41) is 8.75. The monoisotopic (exact) mass is 487 g/mol. The molecule has 1 saturated carbocycles. The van der Waals surface area contributed by atoms with E-state index < -0.39 is 29.0 Å². The standard InChI is InChI=1S/C28H32F3NO3/c1-2-3-4-5-6-7-19-8-10-20(11-9-19)18-34-23-15-25(30)27(26(31)16-23)28(33)35-22-13-12-21(17-32)24(29)14-22/h12-16,19-20H,2-11,18H2,1H3/t19-,20-. The normalized spacial score (nSPS) is 17.6. The van der Waals surface area contributed by atoms with Crippen molar-refractivity contribution in [1.82, 2.24) is 0 Å². The molecule has 0 saturated heterocycles. The van der Waals surface area contributed by atoms with E-state index in [0.717, 1.165) is 55.9 Å². The molecule has 4 nitrogen and oxygen atoms in total. The number of nitriles is 1. The summed E-state index contributed by atoms with van der Waals surface area (Å²) >= 11 is 0. The summed E-state index contributed by atoms with van der Waals surface area (Å²) in [6.07, 6.45) is 12.2. The Bertz CT molecular complexity index is 1020. The number of ether oxygens (including phenoxy) is 2. The van der Waals surface area contributed by atoms with Gasteiger partial charge in [0.2, 0.25) is 0 Å². The van der Waals surface area contributed by atoms with Gasteiger partial charge in [-0.25, -0.2) is 18.0 Å². The van der Waals surface area contributed by atoms with Gasteiger partial charge in [-0.05, 0) is 36.8 Å². The SMILES string of the molecule is CCCCCCC[C@H]1CC[C@H](COc2cc(F)c(C(=O)Oc3ccc(C#N)c(F)c3)c(F)c2)CC1. The van der Waals surface area contributed by atoms with Gasteiger partial charge < -0.3 is 9.47 Å². The Morgan fingerprint density at radius 2 is 1.54 bits per heavy atom. The third-order valence-electron chi connectivity index (χ3n) is 6.66. The Kier molecular flexibility index (Phi) is 10.0. The summed E-state index contributed by atoms with van der Waals surface area (Å²) in [7, 11) is 0. The summed E-state index contributed by atoms with van der Waals surface area (Å²) in [6, 6.07) is 6.65. The summed E-state index contributed by atoms with van der Waals surface area (Å²) < 4.78 is 53.3. The Balaban J connectivity index is 1.49. The van der Waals surface area contributed by atoms with Crippen molar-refractivity contribution in [2.24, 2.45) is 11.8 Å². The minimum absolute atomic E-state index is 0.0130. The van der Waals surface area contributed by atoms with E-state index in [4.69, 9.17) is 14.7 Å². The van der Waals surface area contributed by atoms with Crippen LogP contribution in [0.2, 0.25) is 0 Å². The van der Waals surface area contributed by atoms with Crippen molar-refractivity contribution in [2.75, 3.05) is 6.61 Å². The minimum atomic E-state index is -1.30. The average Bonchev–Trinajstić information content (AvgIpc) is 2.83. The fraction of sp³-hybridized carbons (Fsp3) is 0.500. The second kappa shape index (κ2) is 13.2. The van der Waals surface area contributed by atoms with E-state index in [0.29, 0.717) is 12.5 Å². The highest BCUT2D eigenvalue weighted by atomic mass is 19.1. The van der Waals surface area contributed by atoms with Crippen molar-refractivity contribution in [3.63, 3.8) is 0 Å². The zero-order valence-electron chi connectivity index (χ0n) is 20.1. The predicted octanol–water partition coefficient (Wildman–Crippen LogP) is 7.74. The number of unbranched alkanes of at least 4 members (excludes halogenated alkanes) is 4. The number of rotatable bonds is 11. The molecule has 0 amide bonds. The maximum absolute atomic E-state index is 14.5. The molecule has 0 atom stereocenters. The topological polar surface area (TPSA) is 59.3 Å². The fourth-order valence-corrected chi connectivity index (χ4v) is 4.57. The molecule has 1 fully saturated rings. The van der Waals surface area contributed by atoms with Gasteiger partial charge in [0.1, 0.15) is 40.6 Å². The first-order valence-electron chi connectivity index (χ1n) is 12.4. The number of benzene rings is 2. The van der Waals surface area contributed by atoms with E-state index in [2.05, 4.69) is 6.92 Å². The second-order valence-corrected chi connectivity index (χ2v) is 9.31. The average molecular weight is 488 g/mol. The van der Waals surface area contributed by atoms with E-state index in [1.54, 1.807) is 6.07 Å². The molecule has 0 heterocycles. The molecule has 3 rings (SSSR count). The number of halogens is 3. The molecule has 35 heavy (non-hydrogen) atoms. The zero-order chi connectivity index (χ0) is 25.2. The Morgan fingerprint density at radius 3 is 2.17 bits per heavy atom. The first kappa shape index (κ1) is 26.6. The van der Waals surface area contributed by atoms with Crippen LogP contribution in [0.5, 0.6) is 11.5 Å². The van der Waals surface area contributed by atoms with Crippen LogP contribution in [0, 0.1) is 40.6 Å². The van der Waals surface area contributed by atoms with E-state index >= 15 is 0 Å². The third kappa shape index (κ3) is 7.74. The van der Waals surface area contributed by atoms with E-state index in [-0.39, 0.29) is 17.1 Å². The molecule has 0 aliphatic heterocycles. The maximum Gasteiger partial charge on any atom is 0.349 e. The lowest BCUT2D eigenvalue weighted by molar-refractivity contribution is 0.0724. The highest BCUT2D eigenvalue weighted by Crippen LogP contribution is 2.33. The van der Waals surface area contributed by atoms with E-state index in [1.165, 1.54) is 44.6 Å². The highest BCUT2D eigenvalue weighted by molar-refractivity contribution is 5.91. The summed E-state index contributed by atoms with van der Waals surface area (Å²) in [5.74, 6) is -3.59. The van der Waals surface area contributed by atoms with Gasteiger partial charge >= 0.3 is 5.97 Å². The quantitative estimate of drug-likeness (QED) is 0.185. The van der Waals surface area contributed by atoms with Crippen LogP contribution in [0.1, 0.15) is 87.1 Å². The minimum Gasteiger partial charge on any atom is -0.493 e. The molecular weight excluding hydrogens is 455 g/mol. The first-order valence-corrected chi connectivity index (χ1v) is 12.4. The number of hydrogen-bond acceptors (Lipinski definition) is 4. The van der Waals surface area contributed by atoms with E-state index in [9.17, 15) is 18.0 Å². The molecule has 1 aliphatic rings. The maximum atomic E-state index is 14.5. The molecule has 0 radical (unpaired) electrons. The van der Waals surface area contributed by atoms with Crippen molar-refractivity contribution in [1.29, 1.82) is 5.26 Å². The summed E-state index contributed by atoms with van der Waals surface area (Å²) in [4.78, 5) is 12.3. The van der Waals surface area contributed by atoms with Gasteiger partial charge in [-0.3, -0.25) is 0 Å². The highest BCUT2D eigenvalue weighted by Gasteiger charge is 2.24. The van der Waals surface area contributed by atoms with Crippen LogP contribution >= 0.6 is 0 Å². The number of carbonyl (C=O) groups is 1. The Labute approximate surface area is 205 Å². The largest absolute Gasteiger partial charge is 0.493 e. The van der Waals surface area contributed by atoms with Gasteiger partial charge in [0.05, 0.1) is 12.2 Å². The van der Waals surface area contributed by atoms with Gasteiger partial charge in [0.15, 0.2) is 0 Å². The molecule has 0 unspecified atom stereocenters. The first-order chi connectivity index (χ1) is 16.9. The molecule has 0 spiro atoms. The van der Waals surface area contributed by atoms with Crippen molar-refractivity contribution >= 4 is 5.97 Å². The summed E-state index contributed by atoms with van der Waals surface area (Å²) in [6.45, 7) is 2.59. The van der Waals surface area contributed by atoms with Crippen molar-refractivity contribution in [3.8, 4) is 17.6 Å². The molecule has 7 heteroatoms. The molecule has 0 bridgehead atoms. The lowest BCUT2D eigenvalue weighted by atomic mass is 9.80. The fourth-order valence-electron chi connectivity index (χ4n) is 4.57. The molecule has 188 valence electrons. The zero-order valence-corrected chi connectivity index (χ0v) is 20.1. The summed E-state index contributed by atoms with van der Waals surface area (Å²) in [5.41, 5.74) is -1.12.